The second-order valence-electron chi connectivity index (χ2n) is 2.80. The highest BCUT2D eigenvalue weighted by atomic mass is 15.2. The summed E-state index contributed by atoms with van der Waals surface area (Å²) in [4.78, 5) is 0. The van der Waals surface area contributed by atoms with E-state index in [9.17, 15) is 0 Å². The molecule has 0 unspecified atom stereocenters. The Morgan fingerprint density at radius 1 is 1.15 bits per heavy atom. The molecule has 3 heteroatoms. The molecule has 0 atom stereocenters. The van der Waals surface area contributed by atoms with Gasteiger partial charge in [-0.15, -0.1) is 5.10 Å². The van der Waals surface area contributed by atoms with Gasteiger partial charge in [0.2, 0.25) is 0 Å². The van der Waals surface area contributed by atoms with E-state index in [4.69, 9.17) is 5.41 Å². The predicted molar refractivity (Wildman–Crippen MR) is 53.8 cm³/mol. The molecule has 0 aliphatic carbocycles. The van der Waals surface area contributed by atoms with Crippen molar-refractivity contribution >= 4 is 17.6 Å². The van der Waals surface area contributed by atoms with Crippen LogP contribution in [0.3, 0.4) is 0 Å². The van der Waals surface area contributed by atoms with Gasteiger partial charge in [0.25, 0.3) is 0 Å². The Bertz CT molecular complexity index is 376. The number of benzene rings is 1. The summed E-state index contributed by atoms with van der Waals surface area (Å²) in [7, 11) is 0. The van der Waals surface area contributed by atoms with Crippen molar-refractivity contribution in [3.63, 3.8) is 0 Å². The highest BCUT2D eigenvalue weighted by Crippen LogP contribution is 2.06. The fraction of sp³-hybridized carbons (Fsp3) is 0.100. The first-order valence-electron chi connectivity index (χ1n) is 4.10. The number of hydrogen-bond acceptors (Lipinski definition) is 3. The summed E-state index contributed by atoms with van der Waals surface area (Å²) in [5, 5.41) is 15.4. The standard InChI is InChI=1S/C10H9N3/c11-9-6-7-12-13-10(9)8-4-2-1-3-5-8/h1-5,7,11H,6H2. The van der Waals surface area contributed by atoms with Crippen LogP contribution in [-0.4, -0.2) is 17.6 Å². The molecular formula is C10H9N3. The number of nitrogens with zero attached hydrogens (tertiary/aromatic N) is 2. The molecule has 1 aromatic rings. The molecule has 1 aliphatic heterocycles. The average molecular weight is 171 g/mol. The zero-order valence-electron chi connectivity index (χ0n) is 7.07. The molecule has 1 heterocycles. The molecular weight excluding hydrogens is 162 g/mol. The van der Waals surface area contributed by atoms with E-state index in [1.807, 2.05) is 30.3 Å². The first-order chi connectivity index (χ1) is 6.38. The summed E-state index contributed by atoms with van der Waals surface area (Å²) >= 11 is 0. The van der Waals surface area contributed by atoms with Gasteiger partial charge >= 0.3 is 0 Å². The van der Waals surface area contributed by atoms with E-state index < -0.39 is 0 Å². The smallest absolute Gasteiger partial charge is 0.114 e. The zero-order valence-corrected chi connectivity index (χ0v) is 7.07. The topological polar surface area (TPSA) is 48.6 Å². The fourth-order valence-corrected chi connectivity index (χ4v) is 1.22. The Balaban J connectivity index is 2.41. The van der Waals surface area contributed by atoms with Crippen LogP contribution in [0.4, 0.5) is 0 Å². The van der Waals surface area contributed by atoms with Crippen molar-refractivity contribution in [2.75, 3.05) is 0 Å². The van der Waals surface area contributed by atoms with Gasteiger partial charge in [-0.25, -0.2) is 0 Å². The molecule has 0 radical (unpaired) electrons. The molecule has 0 fully saturated rings. The lowest BCUT2D eigenvalue weighted by Crippen LogP contribution is -2.17. The van der Waals surface area contributed by atoms with Gasteiger partial charge in [-0.1, -0.05) is 30.3 Å². The highest BCUT2D eigenvalue weighted by Gasteiger charge is 2.11. The van der Waals surface area contributed by atoms with Crippen LogP contribution in [0.2, 0.25) is 0 Å². The van der Waals surface area contributed by atoms with Crippen LogP contribution in [-0.2, 0) is 0 Å². The lowest BCUT2D eigenvalue weighted by molar-refractivity contribution is 1.21. The van der Waals surface area contributed by atoms with Crippen molar-refractivity contribution in [3.05, 3.63) is 35.9 Å². The van der Waals surface area contributed by atoms with Crippen molar-refractivity contribution in [2.45, 2.75) is 6.42 Å². The molecule has 2 rings (SSSR count). The maximum Gasteiger partial charge on any atom is 0.114 e. The summed E-state index contributed by atoms with van der Waals surface area (Å²) < 4.78 is 0. The first-order valence-corrected chi connectivity index (χ1v) is 4.10. The molecule has 64 valence electrons. The van der Waals surface area contributed by atoms with Crippen molar-refractivity contribution in [3.8, 4) is 0 Å². The summed E-state index contributed by atoms with van der Waals surface area (Å²) in [6, 6.07) is 9.69. The number of hydrogen-bond donors (Lipinski definition) is 1. The van der Waals surface area contributed by atoms with Gasteiger partial charge in [-0.05, 0) is 0 Å². The molecule has 1 aliphatic rings. The summed E-state index contributed by atoms with van der Waals surface area (Å²) in [5.74, 6) is 0. The third-order valence-electron chi connectivity index (χ3n) is 1.87. The lowest BCUT2D eigenvalue weighted by Gasteiger charge is -2.07. The third kappa shape index (κ3) is 1.54. The van der Waals surface area contributed by atoms with E-state index in [2.05, 4.69) is 10.2 Å². The molecule has 0 saturated carbocycles. The normalized spacial score (nSPS) is 15.7. The van der Waals surface area contributed by atoms with Crippen LogP contribution in [0.15, 0.2) is 40.5 Å². The molecule has 0 bridgehead atoms. The second kappa shape index (κ2) is 3.31. The maximum atomic E-state index is 7.66. The van der Waals surface area contributed by atoms with Crippen LogP contribution >= 0.6 is 0 Å². The summed E-state index contributed by atoms with van der Waals surface area (Å²) in [6.07, 6.45) is 2.22. The molecule has 1 N–H and O–H groups in total. The monoisotopic (exact) mass is 171 g/mol. The molecule has 3 nitrogen and oxygen atoms in total. The van der Waals surface area contributed by atoms with E-state index in [-0.39, 0.29) is 0 Å². The predicted octanol–water partition coefficient (Wildman–Crippen LogP) is 1.88. The molecule has 0 aromatic heterocycles. The van der Waals surface area contributed by atoms with E-state index in [0.29, 0.717) is 17.8 Å². The van der Waals surface area contributed by atoms with E-state index >= 15 is 0 Å². The van der Waals surface area contributed by atoms with Crippen molar-refractivity contribution < 1.29 is 0 Å². The highest BCUT2D eigenvalue weighted by molar-refractivity contribution is 6.49. The number of rotatable bonds is 1. The van der Waals surface area contributed by atoms with Crippen LogP contribution < -0.4 is 0 Å². The van der Waals surface area contributed by atoms with E-state index in [1.54, 1.807) is 6.21 Å². The van der Waals surface area contributed by atoms with E-state index in [0.717, 1.165) is 5.56 Å². The van der Waals surface area contributed by atoms with Gasteiger partial charge in [0.1, 0.15) is 5.71 Å². The first kappa shape index (κ1) is 7.86. The van der Waals surface area contributed by atoms with Gasteiger partial charge in [-0.2, -0.15) is 5.10 Å². The minimum Gasteiger partial charge on any atom is -0.303 e. The Kier molecular flexibility index (Phi) is 2.00. The minimum absolute atomic E-state index is 0.529. The minimum atomic E-state index is 0.529. The largest absolute Gasteiger partial charge is 0.303 e. The SMILES string of the molecule is N=C1CC=NN=C1c1ccccc1. The third-order valence-corrected chi connectivity index (χ3v) is 1.87. The lowest BCUT2D eigenvalue weighted by atomic mass is 10.0. The molecule has 0 saturated heterocycles. The zero-order chi connectivity index (χ0) is 9.10. The van der Waals surface area contributed by atoms with Gasteiger partial charge in [0.15, 0.2) is 0 Å². The Morgan fingerprint density at radius 3 is 2.62 bits per heavy atom. The van der Waals surface area contributed by atoms with Crippen LogP contribution in [0.1, 0.15) is 12.0 Å². The summed E-state index contributed by atoms with van der Waals surface area (Å²) in [6.45, 7) is 0. The maximum absolute atomic E-state index is 7.66. The average Bonchev–Trinajstić information content (AvgIpc) is 2.20. The Labute approximate surface area is 76.3 Å². The summed E-state index contributed by atoms with van der Waals surface area (Å²) in [5.41, 5.74) is 2.17. The van der Waals surface area contributed by atoms with Crippen molar-refractivity contribution in [1.82, 2.24) is 0 Å². The molecule has 0 spiro atoms. The van der Waals surface area contributed by atoms with Crippen LogP contribution in [0.25, 0.3) is 0 Å². The fourth-order valence-electron chi connectivity index (χ4n) is 1.22. The van der Waals surface area contributed by atoms with Gasteiger partial charge in [0, 0.05) is 18.2 Å². The molecule has 0 amide bonds. The van der Waals surface area contributed by atoms with Gasteiger partial charge in [0.05, 0.1) is 5.71 Å². The quantitative estimate of drug-likeness (QED) is 0.670. The van der Waals surface area contributed by atoms with E-state index in [1.165, 1.54) is 0 Å². The van der Waals surface area contributed by atoms with Gasteiger partial charge < -0.3 is 5.41 Å². The Hall–Kier alpha value is -1.77. The molecule has 13 heavy (non-hydrogen) atoms. The molecule has 1 aromatic carbocycles. The number of nitrogens with one attached hydrogen (secondary N) is 1. The Morgan fingerprint density at radius 2 is 1.92 bits per heavy atom. The van der Waals surface area contributed by atoms with Crippen molar-refractivity contribution in [2.24, 2.45) is 10.2 Å². The second-order valence-corrected chi connectivity index (χ2v) is 2.80. The van der Waals surface area contributed by atoms with Crippen LogP contribution in [0.5, 0.6) is 0 Å². The van der Waals surface area contributed by atoms with Crippen LogP contribution in [0, 0.1) is 5.41 Å². The van der Waals surface area contributed by atoms with Crippen molar-refractivity contribution in [1.29, 1.82) is 5.41 Å². The van der Waals surface area contributed by atoms with Gasteiger partial charge in [-0.3, -0.25) is 0 Å².